The number of alkyl carbamates (subject to hydrolysis) is 1. The molecule has 1 saturated heterocycles. The molecule has 2 aromatic rings. The van der Waals surface area contributed by atoms with E-state index in [0.29, 0.717) is 44.0 Å². The molecule has 8 heteroatoms. The second kappa shape index (κ2) is 10.4. The van der Waals surface area contributed by atoms with Crippen LogP contribution in [0.5, 0.6) is 5.75 Å². The molecule has 35 heavy (non-hydrogen) atoms. The van der Waals surface area contributed by atoms with E-state index in [2.05, 4.69) is 10.6 Å². The monoisotopic (exact) mass is 479 g/mol. The first-order valence-corrected chi connectivity index (χ1v) is 12.1. The van der Waals surface area contributed by atoms with E-state index >= 15 is 0 Å². The van der Waals surface area contributed by atoms with Gasteiger partial charge in [0.05, 0.1) is 6.54 Å². The van der Waals surface area contributed by atoms with Gasteiger partial charge in [0.15, 0.2) is 0 Å². The van der Waals surface area contributed by atoms with E-state index < -0.39 is 17.7 Å². The molecule has 1 fully saturated rings. The van der Waals surface area contributed by atoms with E-state index in [0.717, 1.165) is 29.5 Å². The molecule has 0 aromatic heterocycles. The van der Waals surface area contributed by atoms with Crippen LogP contribution in [0.3, 0.4) is 0 Å². The smallest absolute Gasteiger partial charge is 0.407 e. The highest BCUT2D eigenvalue weighted by Crippen LogP contribution is 2.33. The van der Waals surface area contributed by atoms with E-state index in [1.807, 2.05) is 57.2 Å². The first kappa shape index (κ1) is 24.6. The second-order valence-electron chi connectivity index (χ2n) is 9.98. The predicted octanol–water partition coefficient (Wildman–Crippen LogP) is 3.91. The van der Waals surface area contributed by atoms with Crippen molar-refractivity contribution >= 4 is 17.9 Å². The molecule has 4 rings (SSSR count). The third-order valence-corrected chi connectivity index (χ3v) is 6.09. The third kappa shape index (κ3) is 6.12. The maximum atomic E-state index is 13.1. The number of carbonyl (C=O) groups is 3. The van der Waals surface area contributed by atoms with Gasteiger partial charge in [0.25, 0.3) is 5.91 Å². The molecule has 2 aliphatic heterocycles. The maximum Gasteiger partial charge on any atom is 0.407 e. The summed E-state index contributed by atoms with van der Waals surface area (Å²) in [5.74, 6) is 0.463. The van der Waals surface area contributed by atoms with Gasteiger partial charge in [-0.05, 0) is 63.3 Å². The van der Waals surface area contributed by atoms with E-state index in [-0.39, 0.29) is 11.8 Å². The Morgan fingerprint density at radius 2 is 1.83 bits per heavy atom. The summed E-state index contributed by atoms with van der Waals surface area (Å²) in [6.07, 6.45) is 2.07. The van der Waals surface area contributed by atoms with Crippen molar-refractivity contribution in [3.63, 3.8) is 0 Å². The molecule has 0 spiro atoms. The Balaban J connectivity index is 1.36. The number of hydrogen-bond donors (Lipinski definition) is 2. The number of benzene rings is 2. The van der Waals surface area contributed by atoms with Crippen LogP contribution in [-0.4, -0.2) is 41.0 Å². The SMILES string of the molecule is CC(C)(C)OC(=O)NCc1ccc(COc2cccc3c2CN([C@H]2CCCCNC2=O)C3=O)cc1. The van der Waals surface area contributed by atoms with Gasteiger partial charge in [0.1, 0.15) is 24.0 Å². The minimum Gasteiger partial charge on any atom is -0.489 e. The summed E-state index contributed by atoms with van der Waals surface area (Å²) in [7, 11) is 0. The van der Waals surface area contributed by atoms with E-state index in [4.69, 9.17) is 9.47 Å². The quantitative estimate of drug-likeness (QED) is 0.655. The van der Waals surface area contributed by atoms with Gasteiger partial charge >= 0.3 is 6.09 Å². The molecule has 3 amide bonds. The van der Waals surface area contributed by atoms with Crippen molar-refractivity contribution in [3.05, 3.63) is 64.7 Å². The Morgan fingerprint density at radius 3 is 2.57 bits per heavy atom. The maximum absolute atomic E-state index is 13.1. The molecule has 1 atom stereocenters. The van der Waals surface area contributed by atoms with Crippen LogP contribution in [0.25, 0.3) is 0 Å². The highest BCUT2D eigenvalue weighted by molar-refractivity contribution is 6.01. The lowest BCUT2D eigenvalue weighted by molar-refractivity contribution is -0.125. The summed E-state index contributed by atoms with van der Waals surface area (Å²) in [6.45, 7) is 7.22. The fourth-order valence-electron chi connectivity index (χ4n) is 4.34. The highest BCUT2D eigenvalue weighted by Gasteiger charge is 2.38. The summed E-state index contributed by atoms with van der Waals surface area (Å²) < 4.78 is 11.3. The molecule has 0 radical (unpaired) electrons. The largest absolute Gasteiger partial charge is 0.489 e. The number of amides is 3. The number of rotatable bonds is 6. The molecule has 0 bridgehead atoms. The van der Waals surface area contributed by atoms with Crippen LogP contribution in [0, 0.1) is 0 Å². The molecule has 0 unspecified atom stereocenters. The minimum absolute atomic E-state index is 0.0765. The molecule has 2 heterocycles. The summed E-state index contributed by atoms with van der Waals surface area (Å²) in [4.78, 5) is 39.1. The third-order valence-electron chi connectivity index (χ3n) is 6.09. The number of carbonyl (C=O) groups excluding carboxylic acids is 3. The second-order valence-corrected chi connectivity index (χ2v) is 9.98. The Kier molecular flexibility index (Phi) is 7.28. The summed E-state index contributed by atoms with van der Waals surface area (Å²) in [6, 6.07) is 12.8. The lowest BCUT2D eigenvalue weighted by atomic mass is 10.1. The van der Waals surface area contributed by atoms with Gasteiger partial charge in [-0.2, -0.15) is 0 Å². The van der Waals surface area contributed by atoms with E-state index in [1.165, 1.54) is 0 Å². The Bertz CT molecular complexity index is 1090. The van der Waals surface area contributed by atoms with Crippen molar-refractivity contribution in [2.24, 2.45) is 0 Å². The van der Waals surface area contributed by atoms with E-state index in [9.17, 15) is 14.4 Å². The van der Waals surface area contributed by atoms with Crippen molar-refractivity contribution in [1.29, 1.82) is 0 Å². The van der Waals surface area contributed by atoms with Crippen molar-refractivity contribution < 1.29 is 23.9 Å². The molecule has 2 aromatic carbocycles. The van der Waals surface area contributed by atoms with Gasteiger partial charge in [-0.25, -0.2) is 4.79 Å². The van der Waals surface area contributed by atoms with Gasteiger partial charge in [-0.3, -0.25) is 9.59 Å². The Labute approximate surface area is 206 Å². The van der Waals surface area contributed by atoms with Crippen LogP contribution in [0.2, 0.25) is 0 Å². The van der Waals surface area contributed by atoms with Crippen LogP contribution >= 0.6 is 0 Å². The van der Waals surface area contributed by atoms with Crippen LogP contribution < -0.4 is 15.4 Å². The van der Waals surface area contributed by atoms with Gasteiger partial charge in [-0.1, -0.05) is 30.3 Å². The summed E-state index contributed by atoms with van der Waals surface area (Å²) in [5, 5.41) is 5.66. The number of nitrogens with one attached hydrogen (secondary N) is 2. The first-order chi connectivity index (χ1) is 16.7. The van der Waals surface area contributed by atoms with Gasteiger partial charge in [0.2, 0.25) is 5.91 Å². The summed E-state index contributed by atoms with van der Waals surface area (Å²) >= 11 is 0. The summed E-state index contributed by atoms with van der Waals surface area (Å²) in [5.41, 5.74) is 2.80. The molecular weight excluding hydrogens is 446 g/mol. The zero-order valence-corrected chi connectivity index (χ0v) is 20.6. The van der Waals surface area contributed by atoms with Crippen LogP contribution in [0.15, 0.2) is 42.5 Å². The lowest BCUT2D eigenvalue weighted by Crippen LogP contribution is -2.45. The normalized spacial score (nSPS) is 17.9. The molecule has 2 N–H and O–H groups in total. The van der Waals surface area contributed by atoms with Crippen LogP contribution in [0.4, 0.5) is 4.79 Å². The Hall–Kier alpha value is -3.55. The molecule has 2 aliphatic rings. The fourth-order valence-corrected chi connectivity index (χ4v) is 4.34. The molecule has 186 valence electrons. The molecular formula is C27H33N3O5. The van der Waals surface area contributed by atoms with Gasteiger partial charge < -0.3 is 25.0 Å². The fraction of sp³-hybridized carbons (Fsp3) is 0.444. The topological polar surface area (TPSA) is 97.0 Å². The predicted molar refractivity (Wildman–Crippen MR) is 131 cm³/mol. The van der Waals surface area contributed by atoms with Crippen molar-refractivity contribution in [3.8, 4) is 5.75 Å². The molecule has 0 saturated carbocycles. The Morgan fingerprint density at radius 1 is 1.09 bits per heavy atom. The average molecular weight is 480 g/mol. The van der Waals surface area contributed by atoms with Gasteiger partial charge in [0, 0.05) is 24.2 Å². The number of nitrogens with zero attached hydrogens (tertiary/aromatic N) is 1. The van der Waals surface area contributed by atoms with Gasteiger partial charge in [-0.15, -0.1) is 0 Å². The highest BCUT2D eigenvalue weighted by atomic mass is 16.6. The average Bonchev–Trinajstić information content (AvgIpc) is 2.99. The molecule has 8 nitrogen and oxygen atoms in total. The first-order valence-electron chi connectivity index (χ1n) is 12.1. The van der Waals surface area contributed by atoms with E-state index in [1.54, 1.807) is 11.0 Å². The van der Waals surface area contributed by atoms with Crippen molar-refractivity contribution in [2.75, 3.05) is 6.54 Å². The van der Waals surface area contributed by atoms with Crippen molar-refractivity contribution in [2.45, 2.75) is 71.4 Å². The van der Waals surface area contributed by atoms with Crippen LogP contribution in [-0.2, 0) is 29.2 Å². The number of ether oxygens (including phenoxy) is 2. The number of hydrogen-bond acceptors (Lipinski definition) is 5. The van der Waals surface area contributed by atoms with Crippen molar-refractivity contribution in [1.82, 2.24) is 15.5 Å². The minimum atomic E-state index is -0.535. The lowest BCUT2D eigenvalue weighted by Gasteiger charge is -2.25. The standard InChI is InChI=1S/C27H33N3O5/c1-27(2,3)35-26(33)29-15-18-10-12-19(13-11-18)17-34-23-9-6-7-20-21(23)16-30(25(20)32)22-8-4-5-14-28-24(22)31/h6-7,9-13,22H,4-5,8,14-17H2,1-3H3,(H,28,31)(H,29,33)/t22-/m0/s1. The van der Waals surface area contributed by atoms with Crippen LogP contribution in [0.1, 0.15) is 67.1 Å². The zero-order valence-electron chi connectivity index (χ0n) is 20.6. The number of fused-ring (bicyclic) bond motifs is 1. The molecule has 0 aliphatic carbocycles. The zero-order chi connectivity index (χ0) is 25.0.